The number of nitrogens with zero attached hydrogens (tertiary/aromatic N) is 2. The first-order valence-corrected chi connectivity index (χ1v) is 6.65. The van der Waals surface area contributed by atoms with Crippen LogP contribution in [0.25, 0.3) is 0 Å². The van der Waals surface area contributed by atoms with Crippen molar-refractivity contribution in [1.29, 1.82) is 0 Å². The predicted octanol–water partition coefficient (Wildman–Crippen LogP) is 2.26. The maximum absolute atomic E-state index is 9.05. The molecule has 1 aromatic carbocycles. The third-order valence-corrected chi connectivity index (χ3v) is 2.98. The van der Waals surface area contributed by atoms with Gasteiger partial charge in [-0.1, -0.05) is 24.3 Å². The summed E-state index contributed by atoms with van der Waals surface area (Å²) in [5.41, 5.74) is 1.90. The van der Waals surface area contributed by atoms with Crippen molar-refractivity contribution in [3.05, 3.63) is 53.7 Å². The molecule has 0 fully saturated rings. The van der Waals surface area contributed by atoms with Gasteiger partial charge in [-0.15, -0.1) is 0 Å². The SMILES string of the molecule is CN(C)c1cccc(COc2ccccc2CCO)n1. The fraction of sp³-hybridized carbons (Fsp3) is 0.312. The van der Waals surface area contributed by atoms with Gasteiger partial charge in [0.25, 0.3) is 0 Å². The van der Waals surface area contributed by atoms with Gasteiger partial charge in [-0.25, -0.2) is 4.98 Å². The molecule has 4 heteroatoms. The molecule has 0 bridgehead atoms. The van der Waals surface area contributed by atoms with E-state index in [1.165, 1.54) is 0 Å². The van der Waals surface area contributed by atoms with Gasteiger partial charge in [0.2, 0.25) is 0 Å². The Morgan fingerprint density at radius 2 is 1.90 bits per heavy atom. The second kappa shape index (κ2) is 6.91. The Kier molecular flexibility index (Phi) is 4.96. The fourth-order valence-corrected chi connectivity index (χ4v) is 1.92. The van der Waals surface area contributed by atoms with Crippen LogP contribution in [0.2, 0.25) is 0 Å². The normalized spacial score (nSPS) is 10.3. The topological polar surface area (TPSA) is 45.6 Å². The largest absolute Gasteiger partial charge is 0.487 e. The highest BCUT2D eigenvalue weighted by Gasteiger charge is 2.04. The Morgan fingerprint density at radius 3 is 2.65 bits per heavy atom. The first kappa shape index (κ1) is 14.3. The molecule has 0 amide bonds. The molecule has 1 aromatic heterocycles. The number of aromatic nitrogens is 1. The quantitative estimate of drug-likeness (QED) is 0.876. The van der Waals surface area contributed by atoms with Gasteiger partial charge in [0.1, 0.15) is 18.2 Å². The van der Waals surface area contributed by atoms with E-state index in [-0.39, 0.29) is 6.61 Å². The Hall–Kier alpha value is -2.07. The highest BCUT2D eigenvalue weighted by atomic mass is 16.5. The van der Waals surface area contributed by atoms with Crippen LogP contribution in [0.3, 0.4) is 0 Å². The zero-order chi connectivity index (χ0) is 14.4. The summed E-state index contributed by atoms with van der Waals surface area (Å²) in [5, 5.41) is 9.05. The Morgan fingerprint density at radius 1 is 1.10 bits per heavy atom. The number of pyridine rings is 1. The average molecular weight is 272 g/mol. The van der Waals surface area contributed by atoms with E-state index in [0.717, 1.165) is 22.8 Å². The minimum absolute atomic E-state index is 0.120. The Bertz CT molecular complexity index is 556. The number of hydrogen-bond acceptors (Lipinski definition) is 4. The summed E-state index contributed by atoms with van der Waals surface area (Å²) in [6.45, 7) is 0.541. The summed E-state index contributed by atoms with van der Waals surface area (Å²) >= 11 is 0. The van der Waals surface area contributed by atoms with E-state index in [9.17, 15) is 0 Å². The second-order valence-electron chi connectivity index (χ2n) is 4.75. The number of rotatable bonds is 6. The van der Waals surface area contributed by atoms with Crippen molar-refractivity contribution in [2.24, 2.45) is 0 Å². The Balaban J connectivity index is 2.07. The van der Waals surface area contributed by atoms with Gasteiger partial charge in [0.15, 0.2) is 0 Å². The molecule has 1 heterocycles. The van der Waals surface area contributed by atoms with E-state index in [4.69, 9.17) is 9.84 Å². The van der Waals surface area contributed by atoms with E-state index in [2.05, 4.69) is 4.98 Å². The van der Waals surface area contributed by atoms with Crippen LogP contribution in [0.15, 0.2) is 42.5 Å². The third-order valence-electron chi connectivity index (χ3n) is 2.98. The fourth-order valence-electron chi connectivity index (χ4n) is 1.92. The van der Waals surface area contributed by atoms with E-state index >= 15 is 0 Å². The highest BCUT2D eigenvalue weighted by Crippen LogP contribution is 2.19. The molecular formula is C16H20N2O2. The predicted molar refractivity (Wildman–Crippen MR) is 80.1 cm³/mol. The van der Waals surface area contributed by atoms with Crippen molar-refractivity contribution in [2.45, 2.75) is 13.0 Å². The van der Waals surface area contributed by atoms with Gasteiger partial charge in [-0.05, 0) is 30.2 Å². The molecule has 0 radical (unpaired) electrons. The standard InChI is InChI=1S/C16H20N2O2/c1-18(2)16-9-5-7-14(17-16)12-20-15-8-4-3-6-13(15)10-11-19/h3-9,19H,10-12H2,1-2H3. The molecule has 2 rings (SSSR count). The molecule has 106 valence electrons. The molecule has 2 aromatic rings. The van der Waals surface area contributed by atoms with Crippen molar-refractivity contribution in [1.82, 2.24) is 4.98 Å². The van der Waals surface area contributed by atoms with Crippen molar-refractivity contribution in [3.63, 3.8) is 0 Å². The van der Waals surface area contributed by atoms with Gasteiger partial charge in [-0.3, -0.25) is 0 Å². The second-order valence-corrected chi connectivity index (χ2v) is 4.75. The first-order valence-electron chi connectivity index (χ1n) is 6.65. The van der Waals surface area contributed by atoms with Crippen LogP contribution >= 0.6 is 0 Å². The van der Waals surface area contributed by atoms with Gasteiger partial charge in [0.05, 0.1) is 5.69 Å². The highest BCUT2D eigenvalue weighted by molar-refractivity contribution is 5.37. The van der Waals surface area contributed by atoms with Crippen LogP contribution in [-0.2, 0) is 13.0 Å². The van der Waals surface area contributed by atoms with Crippen LogP contribution in [0.1, 0.15) is 11.3 Å². The van der Waals surface area contributed by atoms with E-state index in [0.29, 0.717) is 13.0 Å². The lowest BCUT2D eigenvalue weighted by atomic mass is 10.1. The third kappa shape index (κ3) is 3.71. The van der Waals surface area contributed by atoms with Gasteiger partial charge >= 0.3 is 0 Å². The molecule has 0 saturated heterocycles. The van der Waals surface area contributed by atoms with Crippen LogP contribution in [0.5, 0.6) is 5.75 Å². The lowest BCUT2D eigenvalue weighted by Gasteiger charge is -2.13. The van der Waals surface area contributed by atoms with E-state index in [1.54, 1.807) is 0 Å². The molecule has 1 N–H and O–H groups in total. The maximum Gasteiger partial charge on any atom is 0.130 e. The van der Waals surface area contributed by atoms with Gasteiger partial charge in [-0.2, -0.15) is 0 Å². The number of ether oxygens (including phenoxy) is 1. The first-order chi connectivity index (χ1) is 9.70. The van der Waals surface area contributed by atoms with Crippen LogP contribution in [0, 0.1) is 0 Å². The van der Waals surface area contributed by atoms with Crippen LogP contribution < -0.4 is 9.64 Å². The zero-order valence-electron chi connectivity index (χ0n) is 11.9. The summed E-state index contributed by atoms with van der Waals surface area (Å²) in [6.07, 6.45) is 0.599. The van der Waals surface area contributed by atoms with Crippen molar-refractivity contribution in [3.8, 4) is 5.75 Å². The molecule has 4 nitrogen and oxygen atoms in total. The molecule has 20 heavy (non-hydrogen) atoms. The minimum atomic E-state index is 0.120. The molecule has 0 saturated carbocycles. The zero-order valence-corrected chi connectivity index (χ0v) is 11.9. The number of aliphatic hydroxyl groups excluding tert-OH is 1. The summed E-state index contributed by atoms with van der Waals surface area (Å²) in [7, 11) is 3.92. The lowest BCUT2D eigenvalue weighted by molar-refractivity contribution is 0.282. The number of hydrogen-bond donors (Lipinski definition) is 1. The summed E-state index contributed by atoms with van der Waals surface area (Å²) in [6, 6.07) is 13.6. The molecule has 0 atom stereocenters. The van der Waals surface area contributed by atoms with Gasteiger partial charge < -0.3 is 14.7 Å². The minimum Gasteiger partial charge on any atom is -0.487 e. The van der Waals surface area contributed by atoms with Crippen molar-refractivity contribution < 1.29 is 9.84 Å². The van der Waals surface area contributed by atoms with Crippen molar-refractivity contribution in [2.75, 3.05) is 25.6 Å². The number of benzene rings is 1. The molecule has 0 aliphatic heterocycles. The number of para-hydroxylation sites is 1. The van der Waals surface area contributed by atoms with E-state index in [1.807, 2.05) is 61.5 Å². The molecule has 0 unspecified atom stereocenters. The number of aliphatic hydroxyl groups is 1. The summed E-state index contributed by atoms with van der Waals surface area (Å²) < 4.78 is 5.82. The lowest BCUT2D eigenvalue weighted by Crippen LogP contribution is -2.12. The maximum atomic E-state index is 9.05. The van der Waals surface area contributed by atoms with Crippen molar-refractivity contribution >= 4 is 5.82 Å². The molecule has 0 aliphatic rings. The average Bonchev–Trinajstić information content (AvgIpc) is 2.47. The summed E-state index contributed by atoms with van der Waals surface area (Å²) in [4.78, 5) is 6.48. The molecular weight excluding hydrogens is 252 g/mol. The molecule has 0 aliphatic carbocycles. The number of anilines is 1. The molecule has 0 spiro atoms. The Labute approximate surface area is 119 Å². The summed E-state index contributed by atoms with van der Waals surface area (Å²) in [5.74, 6) is 1.72. The van der Waals surface area contributed by atoms with Gasteiger partial charge in [0, 0.05) is 20.7 Å². The van der Waals surface area contributed by atoms with Crippen LogP contribution in [0.4, 0.5) is 5.82 Å². The van der Waals surface area contributed by atoms with E-state index < -0.39 is 0 Å². The van der Waals surface area contributed by atoms with Crippen LogP contribution in [-0.4, -0.2) is 30.8 Å². The monoisotopic (exact) mass is 272 g/mol. The smallest absolute Gasteiger partial charge is 0.130 e.